The van der Waals surface area contributed by atoms with Crippen LogP contribution in [0.1, 0.15) is 32.6 Å². The van der Waals surface area contributed by atoms with E-state index in [-0.39, 0.29) is 0 Å². The van der Waals surface area contributed by atoms with Crippen LogP contribution < -0.4 is 5.32 Å². The highest BCUT2D eigenvalue weighted by Crippen LogP contribution is 2.19. The van der Waals surface area contributed by atoms with Gasteiger partial charge in [0.05, 0.1) is 0 Å². The van der Waals surface area contributed by atoms with Crippen LogP contribution in [0.25, 0.3) is 0 Å². The third-order valence-corrected chi connectivity index (χ3v) is 2.01. The predicted molar refractivity (Wildman–Crippen MR) is 45.1 cm³/mol. The largest absolute Gasteiger partial charge is 0.317 e. The molecule has 0 bridgehead atoms. The van der Waals surface area contributed by atoms with Gasteiger partial charge < -0.3 is 5.32 Å². The third-order valence-electron chi connectivity index (χ3n) is 2.01. The molecule has 0 saturated heterocycles. The summed E-state index contributed by atoms with van der Waals surface area (Å²) in [5.74, 6) is 0. The molecule has 0 aromatic rings. The Morgan fingerprint density at radius 3 is 3.10 bits per heavy atom. The van der Waals surface area contributed by atoms with Crippen molar-refractivity contribution in [1.82, 2.24) is 5.32 Å². The summed E-state index contributed by atoms with van der Waals surface area (Å²) in [5.41, 5.74) is 1.67. The van der Waals surface area contributed by atoms with Crippen LogP contribution >= 0.6 is 0 Å². The summed E-state index contributed by atoms with van der Waals surface area (Å²) in [6.45, 7) is 4.43. The van der Waals surface area contributed by atoms with E-state index in [0.717, 1.165) is 6.54 Å². The number of rotatable bonds is 4. The van der Waals surface area contributed by atoms with Gasteiger partial charge in [-0.25, -0.2) is 0 Å². The van der Waals surface area contributed by atoms with Gasteiger partial charge in [-0.3, -0.25) is 0 Å². The number of allylic oxidation sites excluding steroid dienone is 1. The van der Waals surface area contributed by atoms with E-state index in [0.29, 0.717) is 0 Å². The fourth-order valence-corrected chi connectivity index (χ4v) is 1.39. The van der Waals surface area contributed by atoms with E-state index in [2.05, 4.69) is 18.3 Å². The summed E-state index contributed by atoms with van der Waals surface area (Å²) in [6, 6.07) is 0. The van der Waals surface area contributed by atoms with E-state index in [4.69, 9.17) is 0 Å². The molecule has 0 atom stereocenters. The van der Waals surface area contributed by atoms with Gasteiger partial charge in [-0.2, -0.15) is 0 Å². The van der Waals surface area contributed by atoms with Crippen molar-refractivity contribution in [3.63, 3.8) is 0 Å². The molecular weight excluding hydrogens is 122 g/mol. The summed E-state index contributed by atoms with van der Waals surface area (Å²) in [5, 5.41) is 3.33. The molecule has 0 aliphatic heterocycles. The zero-order valence-corrected chi connectivity index (χ0v) is 6.82. The fraction of sp³-hybridized carbons (Fsp3) is 0.778. The molecule has 1 rings (SSSR count). The van der Waals surface area contributed by atoms with Crippen molar-refractivity contribution in [2.24, 2.45) is 0 Å². The molecule has 1 N–H and O–H groups in total. The molecule has 0 heterocycles. The van der Waals surface area contributed by atoms with Gasteiger partial charge in [0.15, 0.2) is 0 Å². The molecule has 0 amide bonds. The first kappa shape index (κ1) is 7.80. The van der Waals surface area contributed by atoms with Gasteiger partial charge in [-0.1, -0.05) is 18.6 Å². The minimum Gasteiger partial charge on any atom is -0.317 e. The molecule has 0 fully saturated rings. The Labute approximate surface area is 63.5 Å². The van der Waals surface area contributed by atoms with E-state index in [1.165, 1.54) is 32.2 Å². The molecular formula is C9H17N. The molecule has 0 aromatic carbocycles. The normalized spacial score (nSPS) is 17.5. The Hall–Kier alpha value is -0.300. The lowest BCUT2D eigenvalue weighted by molar-refractivity contribution is 0.702. The summed E-state index contributed by atoms with van der Waals surface area (Å²) >= 11 is 0. The van der Waals surface area contributed by atoms with Gasteiger partial charge in [0.2, 0.25) is 0 Å². The maximum atomic E-state index is 3.33. The molecule has 0 spiro atoms. The molecule has 58 valence electrons. The molecule has 1 heteroatoms. The van der Waals surface area contributed by atoms with E-state index in [9.17, 15) is 0 Å². The van der Waals surface area contributed by atoms with Crippen molar-refractivity contribution in [3.8, 4) is 0 Å². The first-order valence-corrected chi connectivity index (χ1v) is 4.32. The third kappa shape index (κ3) is 2.53. The average Bonchev–Trinajstić information content (AvgIpc) is 2.41. The van der Waals surface area contributed by atoms with Crippen LogP contribution in [0.15, 0.2) is 11.6 Å². The summed E-state index contributed by atoms with van der Waals surface area (Å²) in [4.78, 5) is 0. The Morgan fingerprint density at radius 2 is 2.50 bits per heavy atom. The predicted octanol–water partition coefficient (Wildman–Crippen LogP) is 2.10. The Balaban J connectivity index is 2.01. The lowest BCUT2D eigenvalue weighted by atomic mass is 10.2. The van der Waals surface area contributed by atoms with Crippen LogP contribution in [0, 0.1) is 0 Å². The number of hydrogen-bond donors (Lipinski definition) is 1. The van der Waals surface area contributed by atoms with Crippen LogP contribution in [0.3, 0.4) is 0 Å². The van der Waals surface area contributed by atoms with Gasteiger partial charge in [0.25, 0.3) is 0 Å². The van der Waals surface area contributed by atoms with Crippen molar-refractivity contribution in [3.05, 3.63) is 11.6 Å². The highest BCUT2D eigenvalue weighted by molar-refractivity contribution is 5.07. The maximum Gasteiger partial charge on any atom is -0.00117 e. The highest BCUT2D eigenvalue weighted by atomic mass is 14.8. The molecule has 0 aromatic heterocycles. The minimum absolute atomic E-state index is 1.10. The monoisotopic (exact) mass is 139 g/mol. The van der Waals surface area contributed by atoms with Gasteiger partial charge in [-0.15, -0.1) is 0 Å². The van der Waals surface area contributed by atoms with Crippen LogP contribution in [0.2, 0.25) is 0 Å². The fourth-order valence-electron chi connectivity index (χ4n) is 1.39. The van der Waals surface area contributed by atoms with Crippen molar-refractivity contribution in [1.29, 1.82) is 0 Å². The smallest absolute Gasteiger partial charge is 0.00117 e. The van der Waals surface area contributed by atoms with Gasteiger partial charge in [-0.05, 0) is 38.8 Å². The summed E-state index contributed by atoms with van der Waals surface area (Å²) < 4.78 is 0. The first-order chi connectivity index (χ1) is 4.93. The molecule has 0 radical (unpaired) electrons. The van der Waals surface area contributed by atoms with Crippen molar-refractivity contribution >= 4 is 0 Å². The van der Waals surface area contributed by atoms with E-state index < -0.39 is 0 Å². The summed E-state index contributed by atoms with van der Waals surface area (Å²) in [6.07, 6.45) is 7.74. The topological polar surface area (TPSA) is 12.0 Å². The second-order valence-corrected chi connectivity index (χ2v) is 2.86. The summed E-state index contributed by atoms with van der Waals surface area (Å²) in [7, 11) is 0. The van der Waals surface area contributed by atoms with E-state index >= 15 is 0 Å². The average molecular weight is 139 g/mol. The second kappa shape index (κ2) is 4.51. The highest BCUT2D eigenvalue weighted by Gasteiger charge is 2.02. The first-order valence-electron chi connectivity index (χ1n) is 4.32. The number of hydrogen-bond acceptors (Lipinski definition) is 1. The van der Waals surface area contributed by atoms with Crippen LogP contribution in [0.5, 0.6) is 0 Å². The number of nitrogens with one attached hydrogen (secondary N) is 1. The molecule has 0 unspecified atom stereocenters. The second-order valence-electron chi connectivity index (χ2n) is 2.86. The quantitative estimate of drug-likeness (QED) is 0.464. The molecule has 1 aliphatic rings. The zero-order valence-electron chi connectivity index (χ0n) is 6.82. The lowest BCUT2D eigenvalue weighted by Gasteiger charge is -2.01. The van der Waals surface area contributed by atoms with E-state index in [1.807, 2.05) is 0 Å². The Morgan fingerprint density at radius 1 is 1.60 bits per heavy atom. The Bertz CT molecular complexity index is 116. The van der Waals surface area contributed by atoms with Gasteiger partial charge in [0.1, 0.15) is 0 Å². The maximum absolute atomic E-state index is 3.33. The molecule has 1 nitrogen and oxygen atoms in total. The van der Waals surface area contributed by atoms with Crippen LogP contribution in [-0.2, 0) is 0 Å². The van der Waals surface area contributed by atoms with Gasteiger partial charge >= 0.3 is 0 Å². The molecule has 10 heavy (non-hydrogen) atoms. The van der Waals surface area contributed by atoms with E-state index in [1.54, 1.807) is 5.57 Å². The van der Waals surface area contributed by atoms with Crippen LogP contribution in [0.4, 0.5) is 0 Å². The Kier molecular flexibility index (Phi) is 3.52. The lowest BCUT2D eigenvalue weighted by Crippen LogP contribution is -2.14. The van der Waals surface area contributed by atoms with Crippen molar-refractivity contribution < 1.29 is 0 Å². The SMILES string of the molecule is CCNCCC1=CCCC1. The molecule has 1 aliphatic carbocycles. The minimum atomic E-state index is 1.10. The standard InChI is InChI=1S/C9H17N/c1-2-10-8-7-9-5-3-4-6-9/h5,10H,2-4,6-8H2,1H3. The van der Waals surface area contributed by atoms with Crippen molar-refractivity contribution in [2.45, 2.75) is 32.6 Å². The van der Waals surface area contributed by atoms with Crippen molar-refractivity contribution in [2.75, 3.05) is 13.1 Å². The molecule has 0 saturated carbocycles. The van der Waals surface area contributed by atoms with Crippen LogP contribution in [-0.4, -0.2) is 13.1 Å². The zero-order chi connectivity index (χ0) is 7.23. The van der Waals surface area contributed by atoms with Gasteiger partial charge in [0, 0.05) is 0 Å².